The number of rotatable bonds is 54. The van der Waals surface area contributed by atoms with Crippen molar-refractivity contribution >= 4 is 21.9 Å². The van der Waals surface area contributed by atoms with Gasteiger partial charge >= 0.3 is 5.97 Å². The number of ether oxygens (including phenoxy) is 1. The van der Waals surface area contributed by atoms with Gasteiger partial charge in [-0.25, -0.2) is 0 Å². The molecule has 0 aliphatic heterocycles. The van der Waals surface area contributed by atoms with E-state index in [4.69, 9.17) is 4.74 Å². The average Bonchev–Trinajstić information content (AvgIpc) is 3.26. The molecule has 0 aliphatic rings. The van der Waals surface area contributed by atoms with Crippen LogP contribution in [0.5, 0.6) is 0 Å². The van der Waals surface area contributed by atoms with E-state index in [1.165, 1.54) is 289 Å². The molecule has 0 aromatic carbocycles. The Hall–Kier alpha value is -0.0500. The van der Waals surface area contributed by atoms with Gasteiger partial charge in [-0.1, -0.05) is 319 Å². The van der Waals surface area contributed by atoms with Crippen LogP contribution in [0.4, 0.5) is 0 Å². The van der Waals surface area contributed by atoms with Gasteiger partial charge in [0.05, 0.1) is 0 Å². The normalized spacial score (nSPS) is 12.2. The first kappa shape index (κ1) is 60.9. The zero-order valence-corrected chi connectivity index (χ0v) is 44.2. The summed E-state index contributed by atoms with van der Waals surface area (Å²) in [5.74, 6) is 0.963. The van der Waals surface area contributed by atoms with Crippen LogP contribution in [0.1, 0.15) is 348 Å². The Morgan fingerprint density at radius 1 is 0.311 bits per heavy atom. The van der Waals surface area contributed by atoms with Crippen molar-refractivity contribution in [3.8, 4) is 0 Å². The van der Waals surface area contributed by atoms with Crippen LogP contribution in [-0.4, -0.2) is 17.4 Å². The summed E-state index contributed by atoms with van der Waals surface area (Å²) in [6.45, 7) is 6.93. The van der Waals surface area contributed by atoms with Crippen molar-refractivity contribution in [2.75, 3.05) is 5.33 Å². The minimum atomic E-state index is 0.0593. The number of hydrogen-bond acceptors (Lipinski definition) is 2. The molecular formula is C58H115BrO2. The lowest BCUT2D eigenvalue weighted by atomic mass is 9.89. The van der Waals surface area contributed by atoms with Crippen LogP contribution in [0.3, 0.4) is 0 Å². The quantitative estimate of drug-likeness (QED) is 0.0345. The van der Waals surface area contributed by atoms with Crippen LogP contribution in [0.25, 0.3) is 0 Å². The molecule has 0 rings (SSSR count). The highest BCUT2D eigenvalue weighted by Gasteiger charge is 2.16. The van der Waals surface area contributed by atoms with Crippen molar-refractivity contribution in [2.24, 2.45) is 5.92 Å². The van der Waals surface area contributed by atoms with Gasteiger partial charge in [0.15, 0.2) is 0 Å². The van der Waals surface area contributed by atoms with Crippen LogP contribution < -0.4 is 0 Å². The van der Waals surface area contributed by atoms with Gasteiger partial charge in [-0.3, -0.25) is 4.79 Å². The van der Waals surface area contributed by atoms with Gasteiger partial charge < -0.3 is 4.74 Å². The minimum absolute atomic E-state index is 0.0593. The monoisotopic (exact) mass is 923 g/mol. The Morgan fingerprint density at radius 3 is 0.836 bits per heavy atom. The predicted molar refractivity (Wildman–Crippen MR) is 280 cm³/mol. The van der Waals surface area contributed by atoms with Gasteiger partial charge in [0.25, 0.3) is 0 Å². The van der Waals surface area contributed by atoms with E-state index in [1.54, 1.807) is 0 Å². The van der Waals surface area contributed by atoms with E-state index >= 15 is 0 Å². The zero-order chi connectivity index (χ0) is 44.2. The molecule has 0 fully saturated rings. The van der Waals surface area contributed by atoms with Gasteiger partial charge in [0, 0.05) is 11.8 Å². The summed E-state index contributed by atoms with van der Waals surface area (Å²) >= 11 is 3.53. The second-order valence-corrected chi connectivity index (χ2v) is 21.0. The number of carbonyl (C=O) groups is 1. The molecule has 2 nitrogen and oxygen atoms in total. The molecule has 366 valence electrons. The maximum atomic E-state index is 12.8. The van der Waals surface area contributed by atoms with Gasteiger partial charge in [0.2, 0.25) is 0 Å². The molecule has 0 N–H and O–H groups in total. The van der Waals surface area contributed by atoms with Crippen molar-refractivity contribution in [2.45, 2.75) is 354 Å². The lowest BCUT2D eigenvalue weighted by Gasteiger charge is -2.20. The Bertz CT molecular complexity index is 763. The largest absolute Gasteiger partial charge is 0.462 e. The van der Waals surface area contributed by atoms with E-state index in [-0.39, 0.29) is 12.1 Å². The molecule has 0 aromatic heterocycles. The minimum Gasteiger partial charge on any atom is -0.462 e. The maximum absolute atomic E-state index is 12.8. The fraction of sp³-hybridized carbons (Fsp3) is 0.983. The highest BCUT2D eigenvalue weighted by Crippen LogP contribution is 2.26. The Labute approximate surface area is 395 Å². The zero-order valence-electron chi connectivity index (χ0n) is 42.6. The SMILES string of the molecule is CCCCCCCCCCCCCCCCCCC(CCCCCCCCCCCCCCCCCC)CCCCC(CCCCCCCCCC)OC(=O)CCCCCBr. The first-order chi connectivity index (χ1) is 30.2. The molecule has 3 heteroatoms. The smallest absolute Gasteiger partial charge is 0.306 e. The van der Waals surface area contributed by atoms with Crippen molar-refractivity contribution in [3.05, 3.63) is 0 Å². The molecule has 0 heterocycles. The first-order valence-electron chi connectivity index (χ1n) is 28.9. The molecule has 0 saturated heterocycles. The molecule has 61 heavy (non-hydrogen) atoms. The summed E-state index contributed by atoms with van der Waals surface area (Å²) in [5, 5.41) is 1.03. The van der Waals surface area contributed by atoms with Gasteiger partial charge in [-0.2, -0.15) is 0 Å². The molecular weight excluding hydrogens is 809 g/mol. The Balaban J connectivity index is 4.55. The fourth-order valence-corrected chi connectivity index (χ4v) is 10.2. The average molecular weight is 924 g/mol. The second-order valence-electron chi connectivity index (χ2n) is 20.2. The number of alkyl halides is 1. The molecule has 0 aromatic rings. The molecule has 0 saturated carbocycles. The standard InChI is InChI=1S/C58H115BrO2/c1-4-7-10-13-16-19-21-23-25-27-29-31-33-35-38-42-49-56(50-43-39-36-34-32-30-28-26-24-22-20-17-14-11-8-5-2)51-46-47-53-57(61-58(60)54-45-41-48-55-59)52-44-40-37-18-15-12-9-6-3/h56-57H,4-55H2,1-3H3. The molecule has 0 bridgehead atoms. The van der Waals surface area contributed by atoms with Crippen molar-refractivity contribution in [3.63, 3.8) is 0 Å². The number of carbonyl (C=O) groups excluding carboxylic acids is 1. The highest BCUT2D eigenvalue weighted by molar-refractivity contribution is 9.09. The Kier molecular flexibility index (Phi) is 54.2. The van der Waals surface area contributed by atoms with E-state index in [9.17, 15) is 4.79 Å². The van der Waals surface area contributed by atoms with Crippen molar-refractivity contribution < 1.29 is 9.53 Å². The number of hydrogen-bond donors (Lipinski definition) is 0. The molecule has 0 spiro atoms. The van der Waals surface area contributed by atoms with E-state index < -0.39 is 0 Å². The summed E-state index contributed by atoms with van der Waals surface area (Å²) in [6, 6.07) is 0. The fourth-order valence-electron chi connectivity index (χ4n) is 9.75. The third-order valence-electron chi connectivity index (χ3n) is 14.0. The summed E-state index contributed by atoms with van der Waals surface area (Å²) < 4.78 is 6.17. The van der Waals surface area contributed by atoms with Crippen LogP contribution in [0, 0.1) is 5.92 Å². The third kappa shape index (κ3) is 50.8. The highest BCUT2D eigenvalue weighted by atomic mass is 79.9. The Morgan fingerprint density at radius 2 is 0.541 bits per heavy atom. The van der Waals surface area contributed by atoms with Crippen LogP contribution in [0.2, 0.25) is 0 Å². The number of halogens is 1. The van der Waals surface area contributed by atoms with Gasteiger partial charge in [-0.15, -0.1) is 0 Å². The van der Waals surface area contributed by atoms with Crippen LogP contribution >= 0.6 is 15.9 Å². The number of esters is 1. The molecule has 1 unspecified atom stereocenters. The summed E-state index contributed by atoms with van der Waals surface area (Å²) in [7, 11) is 0. The summed E-state index contributed by atoms with van der Waals surface area (Å²) in [5.41, 5.74) is 0. The maximum Gasteiger partial charge on any atom is 0.306 e. The molecule has 0 amide bonds. The first-order valence-corrected chi connectivity index (χ1v) is 30.0. The molecule has 0 radical (unpaired) electrons. The van der Waals surface area contributed by atoms with E-state index in [0.29, 0.717) is 6.42 Å². The topological polar surface area (TPSA) is 26.3 Å². The van der Waals surface area contributed by atoms with E-state index in [2.05, 4.69) is 36.7 Å². The lowest BCUT2D eigenvalue weighted by Crippen LogP contribution is -2.18. The van der Waals surface area contributed by atoms with Crippen molar-refractivity contribution in [1.82, 2.24) is 0 Å². The summed E-state index contributed by atoms with van der Waals surface area (Å²) in [4.78, 5) is 12.8. The summed E-state index contributed by atoms with van der Waals surface area (Å²) in [6.07, 6.45) is 70.1. The predicted octanol–water partition coefficient (Wildman–Crippen LogP) is 21.9. The van der Waals surface area contributed by atoms with Gasteiger partial charge in [0.1, 0.15) is 6.10 Å². The molecule has 0 aliphatic carbocycles. The number of unbranched alkanes of at least 4 members (excludes halogenated alkanes) is 40. The third-order valence-corrected chi connectivity index (χ3v) is 14.6. The van der Waals surface area contributed by atoms with Gasteiger partial charge in [-0.05, 0) is 44.4 Å². The molecule has 1 atom stereocenters. The second kappa shape index (κ2) is 54.3. The van der Waals surface area contributed by atoms with E-state index in [0.717, 1.165) is 43.4 Å². The van der Waals surface area contributed by atoms with Crippen LogP contribution in [-0.2, 0) is 9.53 Å². The van der Waals surface area contributed by atoms with Crippen LogP contribution in [0.15, 0.2) is 0 Å². The lowest BCUT2D eigenvalue weighted by molar-refractivity contribution is -0.150. The van der Waals surface area contributed by atoms with E-state index in [1.807, 2.05) is 0 Å². The van der Waals surface area contributed by atoms with Crippen molar-refractivity contribution in [1.29, 1.82) is 0 Å².